The van der Waals surface area contributed by atoms with Crippen molar-refractivity contribution in [2.45, 2.75) is 32.2 Å². The van der Waals surface area contributed by atoms with E-state index in [9.17, 15) is 4.39 Å². The van der Waals surface area contributed by atoms with Crippen molar-refractivity contribution in [2.75, 3.05) is 32.1 Å². The Morgan fingerprint density at radius 2 is 1.86 bits per heavy atom. The van der Waals surface area contributed by atoms with E-state index in [0.29, 0.717) is 22.9 Å². The number of aryl methyl sites for hydroxylation is 1. The van der Waals surface area contributed by atoms with Crippen LogP contribution in [0.5, 0.6) is 5.75 Å². The molecule has 0 saturated carbocycles. The van der Waals surface area contributed by atoms with Crippen LogP contribution in [0.2, 0.25) is 0 Å². The van der Waals surface area contributed by atoms with Gasteiger partial charge in [0.2, 0.25) is 0 Å². The molecule has 150 valence electrons. The monoisotopic (exact) mass is 401 g/mol. The number of piperidine rings is 1. The second-order valence-electron chi connectivity index (χ2n) is 7.18. The predicted molar refractivity (Wildman–Crippen MR) is 117 cm³/mol. The number of likely N-dealkylation sites (tertiary alicyclic amines) is 1. The Balaban J connectivity index is 1.66. The summed E-state index contributed by atoms with van der Waals surface area (Å²) in [5, 5.41) is 6.89. The van der Waals surface area contributed by atoms with Gasteiger partial charge in [0.15, 0.2) is 5.11 Å². The van der Waals surface area contributed by atoms with Crippen molar-refractivity contribution in [3.05, 3.63) is 59.4 Å². The van der Waals surface area contributed by atoms with Crippen LogP contribution in [-0.4, -0.2) is 36.8 Å². The molecule has 28 heavy (non-hydrogen) atoms. The molecule has 0 amide bonds. The molecule has 1 aliphatic rings. The average molecular weight is 402 g/mol. The standard InChI is InChI=1S/C22H28FN3OS/c1-16-6-9-18(14-20(16)23)25-22(28)24-15-21(26-12-4-3-5-13-26)17-7-10-19(27-2)11-8-17/h6-11,14,21H,3-5,12-13,15H2,1-2H3,(H2,24,25,28)/t21-/m0/s1. The van der Waals surface area contributed by atoms with Gasteiger partial charge in [0, 0.05) is 12.2 Å². The first kappa shape index (κ1) is 20.6. The number of hydrogen-bond acceptors (Lipinski definition) is 3. The molecule has 1 aliphatic heterocycles. The quantitative estimate of drug-likeness (QED) is 0.689. The highest BCUT2D eigenvalue weighted by atomic mass is 32.1. The van der Waals surface area contributed by atoms with Gasteiger partial charge in [-0.1, -0.05) is 24.6 Å². The van der Waals surface area contributed by atoms with Crippen molar-refractivity contribution in [1.82, 2.24) is 10.2 Å². The van der Waals surface area contributed by atoms with Gasteiger partial charge in [0.05, 0.1) is 13.2 Å². The summed E-state index contributed by atoms with van der Waals surface area (Å²) in [4.78, 5) is 2.51. The normalized spacial score (nSPS) is 15.7. The third-order valence-corrected chi connectivity index (χ3v) is 5.46. The molecule has 1 heterocycles. The summed E-state index contributed by atoms with van der Waals surface area (Å²) in [6, 6.07) is 13.5. The molecule has 0 aromatic heterocycles. The Hall–Kier alpha value is -2.18. The zero-order valence-corrected chi connectivity index (χ0v) is 17.3. The van der Waals surface area contributed by atoms with E-state index in [1.807, 2.05) is 18.2 Å². The van der Waals surface area contributed by atoms with Crippen molar-refractivity contribution in [1.29, 1.82) is 0 Å². The molecule has 1 saturated heterocycles. The molecule has 0 spiro atoms. The van der Waals surface area contributed by atoms with Crippen LogP contribution < -0.4 is 15.4 Å². The fourth-order valence-electron chi connectivity index (χ4n) is 3.55. The molecule has 1 fully saturated rings. The number of nitrogens with zero attached hydrogens (tertiary/aromatic N) is 1. The van der Waals surface area contributed by atoms with Crippen molar-refractivity contribution in [3.8, 4) is 5.75 Å². The van der Waals surface area contributed by atoms with Gasteiger partial charge in [-0.05, 0) is 80.5 Å². The lowest BCUT2D eigenvalue weighted by Crippen LogP contribution is -2.41. The van der Waals surface area contributed by atoms with Crippen molar-refractivity contribution in [2.24, 2.45) is 0 Å². The summed E-state index contributed by atoms with van der Waals surface area (Å²) in [6.07, 6.45) is 3.73. The zero-order valence-electron chi connectivity index (χ0n) is 16.5. The minimum atomic E-state index is -0.239. The van der Waals surface area contributed by atoms with Gasteiger partial charge in [-0.25, -0.2) is 4.39 Å². The highest BCUT2D eigenvalue weighted by Crippen LogP contribution is 2.26. The van der Waals surface area contributed by atoms with Gasteiger partial charge >= 0.3 is 0 Å². The van der Waals surface area contributed by atoms with E-state index >= 15 is 0 Å². The molecular formula is C22H28FN3OS. The molecular weight excluding hydrogens is 373 g/mol. The minimum absolute atomic E-state index is 0.223. The molecule has 0 bridgehead atoms. The number of ether oxygens (including phenoxy) is 1. The van der Waals surface area contributed by atoms with Crippen LogP contribution in [0.1, 0.15) is 36.4 Å². The maximum Gasteiger partial charge on any atom is 0.170 e. The molecule has 0 aliphatic carbocycles. The maximum absolute atomic E-state index is 13.7. The summed E-state index contributed by atoms with van der Waals surface area (Å²) in [7, 11) is 1.68. The number of halogens is 1. The van der Waals surface area contributed by atoms with Crippen molar-refractivity contribution >= 4 is 23.0 Å². The van der Waals surface area contributed by atoms with E-state index in [2.05, 4.69) is 27.7 Å². The minimum Gasteiger partial charge on any atom is -0.497 e. The molecule has 0 radical (unpaired) electrons. The smallest absolute Gasteiger partial charge is 0.170 e. The number of anilines is 1. The lowest BCUT2D eigenvalue weighted by molar-refractivity contribution is 0.164. The zero-order chi connectivity index (χ0) is 19.9. The molecule has 1 atom stereocenters. The lowest BCUT2D eigenvalue weighted by atomic mass is 10.0. The SMILES string of the molecule is COc1ccc([C@H](CNC(=S)Nc2ccc(C)c(F)c2)N2CCCCC2)cc1. The number of nitrogens with one attached hydrogen (secondary N) is 2. The summed E-state index contributed by atoms with van der Waals surface area (Å²) >= 11 is 5.44. The maximum atomic E-state index is 13.7. The summed E-state index contributed by atoms with van der Waals surface area (Å²) in [5.41, 5.74) is 2.51. The van der Waals surface area contributed by atoms with Gasteiger partial charge < -0.3 is 15.4 Å². The Bertz CT molecular complexity index is 791. The summed E-state index contributed by atoms with van der Waals surface area (Å²) in [5.74, 6) is 0.616. The number of benzene rings is 2. The third-order valence-electron chi connectivity index (χ3n) is 5.22. The number of methoxy groups -OCH3 is 1. The fourth-order valence-corrected chi connectivity index (χ4v) is 3.75. The van der Waals surface area contributed by atoms with Crippen LogP contribution >= 0.6 is 12.2 Å². The van der Waals surface area contributed by atoms with Crippen LogP contribution in [-0.2, 0) is 0 Å². The Kier molecular flexibility index (Phi) is 7.23. The molecule has 4 nitrogen and oxygen atoms in total. The van der Waals surface area contributed by atoms with E-state index in [0.717, 1.165) is 18.8 Å². The highest BCUT2D eigenvalue weighted by Gasteiger charge is 2.22. The molecule has 6 heteroatoms. The van der Waals surface area contributed by atoms with E-state index in [-0.39, 0.29) is 11.9 Å². The Morgan fingerprint density at radius 1 is 1.14 bits per heavy atom. The molecule has 3 rings (SSSR count). The second kappa shape index (κ2) is 9.85. The summed E-state index contributed by atoms with van der Waals surface area (Å²) in [6.45, 7) is 4.60. The van der Waals surface area contributed by atoms with E-state index in [1.54, 1.807) is 20.1 Å². The molecule has 2 aromatic rings. The van der Waals surface area contributed by atoms with Gasteiger partial charge in [0.1, 0.15) is 11.6 Å². The van der Waals surface area contributed by atoms with Gasteiger partial charge in [0.25, 0.3) is 0 Å². The van der Waals surface area contributed by atoms with Crippen LogP contribution in [0.4, 0.5) is 10.1 Å². The fraction of sp³-hybridized carbons (Fsp3) is 0.409. The molecule has 2 aromatic carbocycles. The first-order chi connectivity index (χ1) is 13.6. The average Bonchev–Trinajstić information content (AvgIpc) is 2.72. The van der Waals surface area contributed by atoms with Gasteiger partial charge in [-0.2, -0.15) is 0 Å². The number of thiocarbonyl (C=S) groups is 1. The van der Waals surface area contributed by atoms with Crippen LogP contribution in [0, 0.1) is 12.7 Å². The Morgan fingerprint density at radius 3 is 2.50 bits per heavy atom. The number of hydrogen-bond donors (Lipinski definition) is 2. The highest BCUT2D eigenvalue weighted by molar-refractivity contribution is 7.80. The first-order valence-corrected chi connectivity index (χ1v) is 10.2. The van der Waals surface area contributed by atoms with Gasteiger partial charge in [-0.15, -0.1) is 0 Å². The Labute approximate surface area is 172 Å². The van der Waals surface area contributed by atoms with Crippen molar-refractivity contribution in [3.63, 3.8) is 0 Å². The third kappa shape index (κ3) is 5.42. The lowest BCUT2D eigenvalue weighted by Gasteiger charge is -2.35. The first-order valence-electron chi connectivity index (χ1n) is 9.76. The van der Waals surface area contributed by atoms with E-state index in [1.165, 1.54) is 30.9 Å². The van der Waals surface area contributed by atoms with Crippen molar-refractivity contribution < 1.29 is 9.13 Å². The predicted octanol–water partition coefficient (Wildman–Crippen LogP) is 4.66. The molecule has 2 N–H and O–H groups in total. The van der Waals surface area contributed by atoms with Crippen LogP contribution in [0.15, 0.2) is 42.5 Å². The number of rotatable bonds is 6. The van der Waals surface area contributed by atoms with Crippen LogP contribution in [0.25, 0.3) is 0 Å². The largest absolute Gasteiger partial charge is 0.497 e. The topological polar surface area (TPSA) is 36.5 Å². The second-order valence-corrected chi connectivity index (χ2v) is 7.59. The van der Waals surface area contributed by atoms with Gasteiger partial charge in [-0.3, -0.25) is 4.90 Å². The van der Waals surface area contributed by atoms with E-state index < -0.39 is 0 Å². The summed E-state index contributed by atoms with van der Waals surface area (Å²) < 4.78 is 19.0. The van der Waals surface area contributed by atoms with Crippen LogP contribution in [0.3, 0.4) is 0 Å². The van der Waals surface area contributed by atoms with E-state index in [4.69, 9.17) is 17.0 Å². The molecule has 0 unspecified atom stereocenters.